The van der Waals surface area contributed by atoms with Gasteiger partial charge in [-0.05, 0) is 58.8 Å². The lowest BCUT2D eigenvalue weighted by molar-refractivity contribution is 0.392. The molecule has 0 fully saturated rings. The van der Waals surface area contributed by atoms with Gasteiger partial charge in [0.15, 0.2) is 0 Å². The summed E-state index contributed by atoms with van der Waals surface area (Å²) in [7, 11) is -7.20. The molecule has 0 bridgehead atoms. The molecule has 2 aromatic carbocycles. The zero-order valence-corrected chi connectivity index (χ0v) is 19.0. The quantitative estimate of drug-likeness (QED) is 0.573. The summed E-state index contributed by atoms with van der Waals surface area (Å²) in [6.45, 7) is 0.604. The fourth-order valence-electron chi connectivity index (χ4n) is 3.40. The lowest BCUT2D eigenvalue weighted by atomic mass is 10.0. The number of halogens is 1. The molecule has 1 aliphatic rings. The van der Waals surface area contributed by atoms with Crippen molar-refractivity contribution in [3.05, 3.63) is 81.7 Å². The number of nitrogens with one attached hydrogen (secondary N) is 1. The van der Waals surface area contributed by atoms with E-state index in [0.717, 1.165) is 11.1 Å². The third-order valence-corrected chi connectivity index (χ3v) is 9.51. The predicted octanol–water partition coefficient (Wildman–Crippen LogP) is 4.09. The largest absolute Gasteiger partial charge is 0.283 e. The van der Waals surface area contributed by atoms with Gasteiger partial charge >= 0.3 is 0 Å². The fraction of sp³-hybridized carbons (Fsp3) is 0.200. The van der Waals surface area contributed by atoms with Gasteiger partial charge in [-0.25, -0.2) is 16.8 Å². The van der Waals surface area contributed by atoms with Crippen LogP contribution in [0.2, 0.25) is 5.02 Å². The third kappa shape index (κ3) is 4.70. The van der Waals surface area contributed by atoms with Crippen LogP contribution in [0.5, 0.6) is 0 Å². The molecule has 3 aromatic rings. The van der Waals surface area contributed by atoms with Crippen molar-refractivity contribution in [2.75, 3.05) is 11.3 Å². The minimum atomic E-state index is -3.65. The molecule has 4 rings (SSSR count). The number of hydrogen-bond donors (Lipinski definition) is 1. The topological polar surface area (TPSA) is 83.6 Å². The molecule has 0 aliphatic carbocycles. The number of nitrogens with zero attached hydrogens (tertiary/aromatic N) is 1. The van der Waals surface area contributed by atoms with Crippen molar-refractivity contribution in [1.29, 1.82) is 0 Å². The van der Waals surface area contributed by atoms with Crippen molar-refractivity contribution in [2.45, 2.75) is 22.9 Å². The summed E-state index contributed by atoms with van der Waals surface area (Å²) < 4.78 is 55.1. The Bertz CT molecular complexity index is 1270. The molecule has 1 aliphatic heterocycles. The van der Waals surface area contributed by atoms with Crippen molar-refractivity contribution < 1.29 is 16.8 Å². The van der Waals surface area contributed by atoms with E-state index in [1.165, 1.54) is 15.6 Å². The molecule has 158 valence electrons. The van der Waals surface area contributed by atoms with E-state index >= 15 is 0 Å². The lowest BCUT2D eigenvalue weighted by Gasteiger charge is -2.28. The maximum atomic E-state index is 12.8. The minimum absolute atomic E-state index is 0.205. The highest BCUT2D eigenvalue weighted by Gasteiger charge is 2.29. The molecular weight excluding hydrogens is 464 g/mol. The fourth-order valence-corrected chi connectivity index (χ4v) is 7.35. The maximum Gasteiger partial charge on any atom is 0.252 e. The van der Waals surface area contributed by atoms with Gasteiger partial charge in [0.1, 0.15) is 4.21 Å². The van der Waals surface area contributed by atoms with Gasteiger partial charge in [0.2, 0.25) is 10.0 Å². The van der Waals surface area contributed by atoms with E-state index in [1.54, 1.807) is 53.9 Å². The Labute approximate surface area is 185 Å². The van der Waals surface area contributed by atoms with Gasteiger partial charge in [-0.15, -0.1) is 11.3 Å². The molecule has 1 N–H and O–H groups in total. The van der Waals surface area contributed by atoms with Crippen LogP contribution in [0.1, 0.15) is 16.7 Å². The second kappa shape index (κ2) is 8.32. The van der Waals surface area contributed by atoms with Crippen LogP contribution in [0.25, 0.3) is 0 Å². The van der Waals surface area contributed by atoms with Gasteiger partial charge in [-0.1, -0.05) is 35.9 Å². The maximum absolute atomic E-state index is 12.8. The average molecular weight is 483 g/mol. The molecule has 0 amide bonds. The number of benzene rings is 2. The standard InChI is InChI=1S/C20H19ClN2O4S3/c21-18-4-1-3-15(11-18)14-29(24,25)22-19-7-6-16-8-9-23(13-17(16)12-19)30(26,27)20-5-2-10-28-20/h1-7,10-12,22H,8-9,13-14H2. The third-order valence-electron chi connectivity index (χ3n) is 4.79. The normalized spacial score (nSPS) is 15.0. The first-order chi connectivity index (χ1) is 14.2. The van der Waals surface area contributed by atoms with Crippen molar-refractivity contribution in [3.8, 4) is 0 Å². The Morgan fingerprint density at radius 1 is 1.00 bits per heavy atom. The van der Waals surface area contributed by atoms with Gasteiger partial charge in [0, 0.05) is 23.8 Å². The van der Waals surface area contributed by atoms with E-state index in [1.807, 2.05) is 6.07 Å². The molecular formula is C20H19ClN2O4S3. The van der Waals surface area contributed by atoms with Crippen molar-refractivity contribution in [2.24, 2.45) is 0 Å². The first kappa shape index (κ1) is 21.3. The Morgan fingerprint density at radius 3 is 2.57 bits per heavy atom. The number of thiophene rings is 1. The number of anilines is 1. The van der Waals surface area contributed by atoms with E-state index in [9.17, 15) is 16.8 Å². The van der Waals surface area contributed by atoms with Crippen LogP contribution in [0.15, 0.2) is 64.2 Å². The molecule has 0 saturated carbocycles. The van der Waals surface area contributed by atoms with E-state index in [0.29, 0.717) is 33.4 Å². The van der Waals surface area contributed by atoms with E-state index < -0.39 is 20.0 Å². The molecule has 0 unspecified atom stereocenters. The SMILES string of the molecule is O=S(=O)(Cc1cccc(Cl)c1)Nc1ccc2c(c1)CN(S(=O)(=O)c1cccs1)CC2. The second-order valence-electron chi connectivity index (χ2n) is 7.00. The van der Waals surface area contributed by atoms with Crippen molar-refractivity contribution >= 4 is 48.7 Å². The van der Waals surface area contributed by atoms with Crippen LogP contribution in [0.4, 0.5) is 5.69 Å². The zero-order valence-electron chi connectivity index (χ0n) is 15.8. The number of rotatable bonds is 6. The number of fused-ring (bicyclic) bond motifs is 1. The monoisotopic (exact) mass is 482 g/mol. The molecule has 1 aromatic heterocycles. The van der Waals surface area contributed by atoms with Crippen LogP contribution in [0, 0.1) is 0 Å². The summed E-state index contributed by atoms with van der Waals surface area (Å²) in [5, 5.41) is 2.21. The van der Waals surface area contributed by atoms with Crippen LogP contribution in [-0.2, 0) is 38.8 Å². The average Bonchev–Trinajstić information content (AvgIpc) is 3.22. The van der Waals surface area contributed by atoms with Crippen LogP contribution in [0.3, 0.4) is 0 Å². The van der Waals surface area contributed by atoms with Crippen molar-refractivity contribution in [1.82, 2.24) is 4.31 Å². The lowest BCUT2D eigenvalue weighted by Crippen LogP contribution is -2.35. The van der Waals surface area contributed by atoms with Crippen LogP contribution in [-0.4, -0.2) is 27.7 Å². The number of sulfonamides is 2. The first-order valence-electron chi connectivity index (χ1n) is 9.13. The summed E-state index contributed by atoms with van der Waals surface area (Å²) in [6.07, 6.45) is 0.579. The summed E-state index contributed by atoms with van der Waals surface area (Å²) in [6, 6.07) is 15.3. The molecule has 30 heavy (non-hydrogen) atoms. The molecule has 6 nitrogen and oxygen atoms in total. The Hall–Kier alpha value is -1.91. The van der Waals surface area contributed by atoms with E-state index in [2.05, 4.69) is 4.72 Å². The van der Waals surface area contributed by atoms with Crippen molar-refractivity contribution in [3.63, 3.8) is 0 Å². The molecule has 0 saturated heterocycles. The first-order valence-corrected chi connectivity index (χ1v) is 13.5. The highest BCUT2D eigenvalue weighted by atomic mass is 35.5. The van der Waals surface area contributed by atoms with Gasteiger partial charge in [0.25, 0.3) is 10.0 Å². The van der Waals surface area contributed by atoms with Gasteiger partial charge in [-0.3, -0.25) is 4.72 Å². The summed E-state index contributed by atoms with van der Waals surface area (Å²) in [5.41, 5.74) is 2.81. The molecule has 0 spiro atoms. The highest BCUT2D eigenvalue weighted by Crippen LogP contribution is 2.29. The van der Waals surface area contributed by atoms with Crippen LogP contribution >= 0.6 is 22.9 Å². The van der Waals surface area contributed by atoms with Crippen LogP contribution < -0.4 is 4.72 Å². The summed E-state index contributed by atoms with van der Waals surface area (Å²) >= 11 is 7.12. The molecule has 2 heterocycles. The number of hydrogen-bond acceptors (Lipinski definition) is 5. The Kier molecular flexibility index (Phi) is 5.91. The van der Waals surface area contributed by atoms with E-state index in [4.69, 9.17) is 11.6 Å². The minimum Gasteiger partial charge on any atom is -0.283 e. The Balaban J connectivity index is 1.53. The highest BCUT2D eigenvalue weighted by molar-refractivity contribution is 7.92. The van der Waals surface area contributed by atoms with Gasteiger partial charge < -0.3 is 0 Å². The molecule has 0 atom stereocenters. The van der Waals surface area contributed by atoms with E-state index in [-0.39, 0.29) is 12.3 Å². The molecule has 10 heteroatoms. The zero-order chi connectivity index (χ0) is 21.4. The summed E-state index contributed by atoms with van der Waals surface area (Å²) in [4.78, 5) is 0. The van der Waals surface area contributed by atoms with Gasteiger partial charge in [0.05, 0.1) is 5.75 Å². The smallest absolute Gasteiger partial charge is 0.252 e. The van der Waals surface area contributed by atoms with Gasteiger partial charge in [-0.2, -0.15) is 4.31 Å². The molecule has 0 radical (unpaired) electrons. The summed E-state index contributed by atoms with van der Waals surface area (Å²) in [5.74, 6) is -0.205. The second-order valence-corrected chi connectivity index (χ2v) is 12.3. The predicted molar refractivity (Wildman–Crippen MR) is 120 cm³/mol. The Morgan fingerprint density at radius 2 is 1.83 bits per heavy atom.